The van der Waals surface area contributed by atoms with Gasteiger partial charge in [-0.2, -0.15) is 26.3 Å². The van der Waals surface area contributed by atoms with E-state index in [0.29, 0.717) is 12.1 Å². The van der Waals surface area contributed by atoms with Crippen LogP contribution in [0.4, 0.5) is 26.3 Å². The Morgan fingerprint density at radius 2 is 1.35 bits per heavy atom. The Kier molecular flexibility index (Phi) is 4.67. The van der Waals surface area contributed by atoms with E-state index in [0.717, 1.165) is 0 Å². The first-order valence-corrected chi connectivity index (χ1v) is 5.30. The molecule has 0 aliphatic heterocycles. The molecule has 0 bridgehead atoms. The van der Waals surface area contributed by atoms with Crippen LogP contribution in [-0.2, 0) is 12.4 Å². The van der Waals surface area contributed by atoms with Crippen LogP contribution in [0.1, 0.15) is 22.8 Å². The molecule has 1 rings (SSSR count). The minimum Gasteiger partial charge on any atom is -0.395 e. The summed E-state index contributed by atoms with van der Waals surface area (Å²) in [6.07, 6.45) is -11.8. The third-order valence-electron chi connectivity index (χ3n) is 2.57. The monoisotopic (exact) mass is 303 g/mol. The summed E-state index contributed by atoms with van der Waals surface area (Å²) in [6, 6.07) is -0.703. The zero-order valence-electron chi connectivity index (χ0n) is 9.83. The molecule has 0 fully saturated rings. The van der Waals surface area contributed by atoms with E-state index >= 15 is 0 Å². The van der Waals surface area contributed by atoms with Crippen molar-refractivity contribution in [2.75, 3.05) is 6.61 Å². The Labute approximate surface area is 109 Å². The fourth-order valence-corrected chi connectivity index (χ4v) is 1.50. The Hall–Kier alpha value is -1.32. The highest BCUT2D eigenvalue weighted by Gasteiger charge is 2.37. The van der Waals surface area contributed by atoms with Crippen molar-refractivity contribution in [2.24, 2.45) is 5.73 Å². The lowest BCUT2D eigenvalue weighted by Crippen LogP contribution is -2.32. The average molecular weight is 303 g/mol. The van der Waals surface area contributed by atoms with Crippen molar-refractivity contribution < 1.29 is 36.6 Å². The van der Waals surface area contributed by atoms with Gasteiger partial charge in [0.2, 0.25) is 0 Å². The number of nitrogens with two attached hydrogens (primary N) is 1. The van der Waals surface area contributed by atoms with Gasteiger partial charge in [0.15, 0.2) is 0 Å². The summed E-state index contributed by atoms with van der Waals surface area (Å²) in [5.41, 5.74) is 1.45. The predicted molar refractivity (Wildman–Crippen MR) is 56.5 cm³/mol. The Balaban J connectivity index is 3.38. The van der Waals surface area contributed by atoms with Crippen LogP contribution in [0, 0.1) is 0 Å². The van der Waals surface area contributed by atoms with E-state index in [-0.39, 0.29) is 6.07 Å². The minimum absolute atomic E-state index is 0.0549. The first-order chi connectivity index (χ1) is 8.96. The van der Waals surface area contributed by atoms with Gasteiger partial charge in [0.25, 0.3) is 0 Å². The lowest BCUT2D eigenvalue weighted by atomic mass is 9.97. The molecule has 2 unspecified atom stereocenters. The van der Waals surface area contributed by atoms with Crippen molar-refractivity contribution in [3.63, 3.8) is 0 Å². The van der Waals surface area contributed by atoms with Gasteiger partial charge in [-0.3, -0.25) is 0 Å². The van der Waals surface area contributed by atoms with Gasteiger partial charge in [-0.1, -0.05) is 0 Å². The van der Waals surface area contributed by atoms with Crippen molar-refractivity contribution in [2.45, 2.75) is 24.5 Å². The Morgan fingerprint density at radius 3 is 1.65 bits per heavy atom. The van der Waals surface area contributed by atoms with Crippen molar-refractivity contribution >= 4 is 0 Å². The summed E-state index contributed by atoms with van der Waals surface area (Å²) < 4.78 is 75.3. The Morgan fingerprint density at radius 1 is 0.950 bits per heavy atom. The number of hydrogen-bond acceptors (Lipinski definition) is 3. The number of rotatable bonds is 3. The molecule has 0 saturated carbocycles. The maximum Gasteiger partial charge on any atom is 0.416 e. The van der Waals surface area contributed by atoms with Gasteiger partial charge in [0, 0.05) is 0 Å². The number of aliphatic hydroxyl groups is 2. The van der Waals surface area contributed by atoms with Crippen molar-refractivity contribution in [1.29, 1.82) is 0 Å². The smallest absolute Gasteiger partial charge is 0.395 e. The summed E-state index contributed by atoms with van der Waals surface area (Å²) >= 11 is 0. The topological polar surface area (TPSA) is 66.5 Å². The van der Waals surface area contributed by atoms with Gasteiger partial charge in [0.05, 0.1) is 29.9 Å². The molecule has 114 valence electrons. The van der Waals surface area contributed by atoms with Gasteiger partial charge in [0.1, 0.15) is 0 Å². The molecule has 0 aromatic heterocycles. The molecule has 1 aromatic rings. The second-order valence-corrected chi connectivity index (χ2v) is 4.13. The van der Waals surface area contributed by atoms with E-state index in [9.17, 15) is 31.4 Å². The maximum absolute atomic E-state index is 12.6. The van der Waals surface area contributed by atoms with Crippen LogP contribution >= 0.6 is 0 Å². The summed E-state index contributed by atoms with van der Waals surface area (Å²) in [4.78, 5) is 0. The first-order valence-electron chi connectivity index (χ1n) is 5.30. The second kappa shape index (κ2) is 5.58. The Bertz CT molecular complexity index is 439. The molecule has 9 heteroatoms. The third kappa shape index (κ3) is 3.84. The highest BCUT2D eigenvalue weighted by Crippen LogP contribution is 2.37. The van der Waals surface area contributed by atoms with E-state index < -0.39 is 47.8 Å². The van der Waals surface area contributed by atoms with E-state index in [4.69, 9.17) is 10.8 Å². The molecule has 0 heterocycles. The fourth-order valence-electron chi connectivity index (χ4n) is 1.50. The lowest BCUT2D eigenvalue weighted by Gasteiger charge is -2.20. The van der Waals surface area contributed by atoms with Gasteiger partial charge in [-0.25, -0.2) is 0 Å². The summed E-state index contributed by atoms with van der Waals surface area (Å²) in [7, 11) is 0. The largest absolute Gasteiger partial charge is 0.416 e. The summed E-state index contributed by atoms with van der Waals surface area (Å²) in [5.74, 6) is 0. The van der Waals surface area contributed by atoms with Gasteiger partial charge >= 0.3 is 12.4 Å². The van der Waals surface area contributed by atoms with E-state index in [1.165, 1.54) is 0 Å². The van der Waals surface area contributed by atoms with Crippen LogP contribution in [0.2, 0.25) is 0 Å². The SMILES string of the molecule is NC(CO)C(O)c1cc(C(F)(F)F)cc(C(F)(F)F)c1. The highest BCUT2D eigenvalue weighted by molar-refractivity contribution is 5.35. The average Bonchev–Trinajstić information content (AvgIpc) is 2.34. The van der Waals surface area contributed by atoms with Crippen molar-refractivity contribution in [3.05, 3.63) is 34.9 Å². The highest BCUT2D eigenvalue weighted by atomic mass is 19.4. The van der Waals surface area contributed by atoms with E-state index in [1.807, 2.05) is 0 Å². The van der Waals surface area contributed by atoms with Crippen LogP contribution in [0.5, 0.6) is 0 Å². The molecular weight excluding hydrogens is 292 g/mol. The molecule has 0 spiro atoms. The van der Waals surface area contributed by atoms with Crippen LogP contribution < -0.4 is 5.73 Å². The molecule has 4 N–H and O–H groups in total. The quantitative estimate of drug-likeness (QED) is 0.749. The zero-order valence-corrected chi connectivity index (χ0v) is 9.83. The van der Waals surface area contributed by atoms with Crippen LogP contribution in [0.25, 0.3) is 0 Å². The minimum atomic E-state index is -5.00. The molecule has 0 radical (unpaired) electrons. The van der Waals surface area contributed by atoms with Crippen LogP contribution in [0.15, 0.2) is 18.2 Å². The second-order valence-electron chi connectivity index (χ2n) is 4.13. The number of halogens is 6. The van der Waals surface area contributed by atoms with Crippen molar-refractivity contribution in [3.8, 4) is 0 Å². The molecule has 1 aromatic carbocycles. The molecular formula is C11H11F6NO2. The number of hydrogen-bond donors (Lipinski definition) is 3. The lowest BCUT2D eigenvalue weighted by molar-refractivity contribution is -0.143. The molecule has 3 nitrogen and oxygen atoms in total. The molecule has 2 atom stereocenters. The standard InChI is InChI=1S/C11H11F6NO2/c12-10(13,14)6-1-5(9(20)8(18)4-19)2-7(3-6)11(15,16)17/h1-3,8-9,19-20H,4,18H2. The molecule has 0 amide bonds. The number of benzene rings is 1. The van der Waals surface area contributed by atoms with Gasteiger partial charge in [-0.05, 0) is 23.8 Å². The van der Waals surface area contributed by atoms with Crippen LogP contribution in [-0.4, -0.2) is 22.9 Å². The van der Waals surface area contributed by atoms with Crippen molar-refractivity contribution in [1.82, 2.24) is 0 Å². The fraction of sp³-hybridized carbons (Fsp3) is 0.455. The van der Waals surface area contributed by atoms with E-state index in [1.54, 1.807) is 0 Å². The first kappa shape index (κ1) is 16.7. The van der Waals surface area contributed by atoms with Gasteiger partial charge < -0.3 is 15.9 Å². The molecule has 20 heavy (non-hydrogen) atoms. The molecule has 0 aliphatic carbocycles. The normalized spacial score (nSPS) is 16.1. The van der Waals surface area contributed by atoms with Crippen LogP contribution in [0.3, 0.4) is 0 Å². The van der Waals surface area contributed by atoms with E-state index in [2.05, 4.69) is 0 Å². The number of aliphatic hydroxyl groups excluding tert-OH is 2. The third-order valence-corrected chi connectivity index (χ3v) is 2.57. The molecule has 0 saturated heterocycles. The summed E-state index contributed by atoms with van der Waals surface area (Å²) in [6.45, 7) is -0.793. The summed E-state index contributed by atoms with van der Waals surface area (Å²) in [5, 5.41) is 18.2. The number of alkyl halides is 6. The van der Waals surface area contributed by atoms with Gasteiger partial charge in [-0.15, -0.1) is 0 Å². The molecule has 0 aliphatic rings. The zero-order chi connectivity index (χ0) is 15.7. The maximum atomic E-state index is 12.6. The predicted octanol–water partition coefficient (Wildman–Crippen LogP) is 2.08.